The number of carbonyl (C=O) groups is 1. The van der Waals surface area contributed by atoms with Gasteiger partial charge in [-0.25, -0.2) is 4.98 Å². The van der Waals surface area contributed by atoms with Gasteiger partial charge in [0.05, 0.1) is 11.4 Å². The zero-order valence-corrected chi connectivity index (χ0v) is 15.1. The van der Waals surface area contributed by atoms with Crippen molar-refractivity contribution in [2.45, 2.75) is 44.9 Å². The van der Waals surface area contributed by atoms with Gasteiger partial charge in [0, 0.05) is 29.2 Å². The van der Waals surface area contributed by atoms with Crippen molar-refractivity contribution in [1.29, 1.82) is 0 Å². The summed E-state index contributed by atoms with van der Waals surface area (Å²) < 4.78 is 14.2. The number of rotatable bonds is 5. The van der Waals surface area contributed by atoms with Gasteiger partial charge in [-0.2, -0.15) is 0 Å². The summed E-state index contributed by atoms with van der Waals surface area (Å²) in [7, 11) is -1.24. The lowest BCUT2D eigenvalue weighted by molar-refractivity contribution is -0.120. The van der Waals surface area contributed by atoms with Gasteiger partial charge in [-0.05, 0) is 30.4 Å². The Bertz CT molecular complexity index is 710. The molecule has 0 unspecified atom stereocenters. The molecular weight excluding hydrogens is 322 g/mol. The summed E-state index contributed by atoms with van der Waals surface area (Å²) in [6.07, 6.45) is 7.19. The lowest BCUT2D eigenvalue weighted by Crippen LogP contribution is -2.45. The Morgan fingerprint density at radius 1 is 1.38 bits per heavy atom. The molecule has 0 aromatic carbocycles. The van der Waals surface area contributed by atoms with Crippen molar-refractivity contribution in [1.82, 2.24) is 14.7 Å². The third-order valence-electron chi connectivity index (χ3n) is 5.07. The lowest BCUT2D eigenvalue weighted by Gasteiger charge is -2.34. The molecule has 130 valence electrons. The van der Waals surface area contributed by atoms with Gasteiger partial charge in [0.2, 0.25) is 5.91 Å². The highest BCUT2D eigenvalue weighted by molar-refractivity contribution is 7.84. The molecule has 2 heterocycles. The van der Waals surface area contributed by atoms with Gasteiger partial charge in [-0.15, -0.1) is 0 Å². The van der Waals surface area contributed by atoms with Gasteiger partial charge in [-0.3, -0.25) is 9.00 Å². The highest BCUT2D eigenvalue weighted by Gasteiger charge is 2.28. The van der Waals surface area contributed by atoms with Gasteiger partial charge in [-0.1, -0.05) is 32.8 Å². The number of imidazole rings is 1. The second-order valence-corrected chi connectivity index (χ2v) is 8.33. The van der Waals surface area contributed by atoms with E-state index in [9.17, 15) is 9.00 Å². The van der Waals surface area contributed by atoms with E-state index >= 15 is 0 Å². The van der Waals surface area contributed by atoms with Crippen LogP contribution in [0.4, 0.5) is 0 Å². The van der Waals surface area contributed by atoms with Crippen LogP contribution in [0.15, 0.2) is 30.6 Å². The maximum atomic E-state index is 12.3. The van der Waals surface area contributed by atoms with Gasteiger partial charge < -0.3 is 9.72 Å². The number of carbonyl (C=O) groups excluding carboxylic acids is 1. The molecule has 0 bridgehead atoms. The van der Waals surface area contributed by atoms with Gasteiger partial charge in [0.25, 0.3) is 0 Å². The minimum atomic E-state index is -1.24. The lowest BCUT2D eigenvalue weighted by atomic mass is 9.78. The minimum Gasteiger partial charge on any atom is -0.352 e. The third kappa shape index (κ3) is 4.04. The number of aromatic nitrogens is 2. The van der Waals surface area contributed by atoms with Crippen LogP contribution in [0.25, 0.3) is 5.65 Å². The summed E-state index contributed by atoms with van der Waals surface area (Å²) in [4.78, 5) is 16.6. The fourth-order valence-corrected chi connectivity index (χ4v) is 4.40. The van der Waals surface area contributed by atoms with Gasteiger partial charge >= 0.3 is 0 Å². The molecule has 1 aliphatic carbocycles. The molecular formula is C18H25N3O2S. The minimum absolute atomic E-state index is 0.0471. The zero-order valence-electron chi connectivity index (χ0n) is 14.3. The molecule has 1 fully saturated rings. The van der Waals surface area contributed by atoms with Crippen molar-refractivity contribution >= 4 is 22.4 Å². The fourth-order valence-electron chi connectivity index (χ4n) is 3.45. The van der Waals surface area contributed by atoms with Crippen LogP contribution in [0.1, 0.15) is 38.8 Å². The number of pyridine rings is 1. The quantitative estimate of drug-likeness (QED) is 0.904. The van der Waals surface area contributed by atoms with Crippen molar-refractivity contribution in [3.8, 4) is 0 Å². The smallest absolute Gasteiger partial charge is 0.232 e. The normalized spacial score (nSPS) is 25.5. The Kier molecular flexibility index (Phi) is 5.33. The Hall–Kier alpha value is -1.69. The highest BCUT2D eigenvalue weighted by atomic mass is 32.2. The molecule has 6 heteroatoms. The van der Waals surface area contributed by atoms with Crippen LogP contribution in [-0.2, 0) is 21.3 Å². The largest absolute Gasteiger partial charge is 0.352 e. The van der Waals surface area contributed by atoms with Gasteiger partial charge in [0.15, 0.2) is 0 Å². The standard InChI is InChI=1S/C18H25N3O2S/c1-13-6-5-7-16(14(13)2)20-18(22)12-24(23)11-15-10-21-9-4-3-8-17(21)19-15/h3-4,8-10,13-14,16H,5-7,11-12H2,1-2H3,(H,20,22)/t13-,14-,16+,24+/m1/s1. The van der Waals surface area contributed by atoms with E-state index in [1.165, 1.54) is 6.42 Å². The first-order valence-electron chi connectivity index (χ1n) is 8.60. The predicted molar refractivity (Wildman–Crippen MR) is 96.0 cm³/mol. The van der Waals surface area contributed by atoms with Crippen LogP contribution in [0, 0.1) is 11.8 Å². The second-order valence-electron chi connectivity index (χ2n) is 6.87. The molecule has 2 aromatic rings. The number of fused-ring (bicyclic) bond motifs is 1. The first kappa shape index (κ1) is 17.1. The maximum Gasteiger partial charge on any atom is 0.232 e. The Morgan fingerprint density at radius 3 is 3.00 bits per heavy atom. The molecule has 0 saturated heterocycles. The van der Waals surface area contributed by atoms with Crippen LogP contribution >= 0.6 is 0 Å². The molecule has 0 radical (unpaired) electrons. The van der Waals surface area contributed by atoms with Crippen LogP contribution in [0.5, 0.6) is 0 Å². The van der Waals surface area contributed by atoms with E-state index in [1.807, 2.05) is 35.0 Å². The summed E-state index contributed by atoms with van der Waals surface area (Å²) in [5.74, 6) is 1.36. The SMILES string of the molecule is C[C@@H]1[C@H](C)CCC[C@@H]1NC(=O)C[S@@](=O)Cc1cn2ccccc2n1. The fraction of sp³-hybridized carbons (Fsp3) is 0.556. The molecule has 1 saturated carbocycles. The molecule has 0 aliphatic heterocycles. The summed E-state index contributed by atoms with van der Waals surface area (Å²) in [5.41, 5.74) is 1.59. The van der Waals surface area contributed by atoms with Crippen molar-refractivity contribution in [2.24, 2.45) is 11.8 Å². The topological polar surface area (TPSA) is 63.5 Å². The van der Waals surface area contributed by atoms with Gasteiger partial charge in [0.1, 0.15) is 11.4 Å². The van der Waals surface area contributed by atoms with Crippen molar-refractivity contribution in [2.75, 3.05) is 5.75 Å². The van der Waals surface area contributed by atoms with E-state index < -0.39 is 10.8 Å². The molecule has 2 aromatic heterocycles. The number of hydrogen-bond donors (Lipinski definition) is 1. The number of nitrogens with one attached hydrogen (secondary N) is 1. The van der Waals surface area contributed by atoms with Crippen LogP contribution in [-0.4, -0.2) is 31.3 Å². The Labute approximate surface area is 145 Å². The van der Waals surface area contributed by atoms with Crippen molar-refractivity contribution < 1.29 is 9.00 Å². The van der Waals surface area contributed by atoms with Crippen LogP contribution < -0.4 is 5.32 Å². The third-order valence-corrected chi connectivity index (χ3v) is 6.27. The van der Waals surface area contributed by atoms with Crippen LogP contribution in [0.3, 0.4) is 0 Å². The molecule has 0 spiro atoms. The number of hydrogen-bond acceptors (Lipinski definition) is 3. The molecule has 1 N–H and O–H groups in total. The monoisotopic (exact) mass is 347 g/mol. The number of amides is 1. The average molecular weight is 347 g/mol. The van der Waals surface area contributed by atoms with E-state index in [4.69, 9.17) is 0 Å². The summed E-state index contributed by atoms with van der Waals surface area (Å²) in [5, 5.41) is 3.08. The van der Waals surface area contributed by atoms with Crippen molar-refractivity contribution in [3.05, 3.63) is 36.3 Å². The van der Waals surface area contributed by atoms with Crippen molar-refractivity contribution in [3.63, 3.8) is 0 Å². The van der Waals surface area contributed by atoms with E-state index in [0.29, 0.717) is 17.6 Å². The first-order valence-corrected chi connectivity index (χ1v) is 10.1. The Balaban J connectivity index is 1.53. The van der Waals surface area contributed by atoms with E-state index in [1.54, 1.807) is 0 Å². The van der Waals surface area contributed by atoms with E-state index in [-0.39, 0.29) is 17.7 Å². The maximum absolute atomic E-state index is 12.3. The molecule has 4 atom stereocenters. The molecule has 24 heavy (non-hydrogen) atoms. The van der Waals surface area contributed by atoms with Crippen LogP contribution in [0.2, 0.25) is 0 Å². The zero-order chi connectivity index (χ0) is 17.1. The summed E-state index contributed by atoms with van der Waals surface area (Å²) in [6, 6.07) is 5.97. The first-order chi connectivity index (χ1) is 11.5. The summed E-state index contributed by atoms with van der Waals surface area (Å²) >= 11 is 0. The molecule has 1 amide bonds. The predicted octanol–water partition coefficient (Wildman–Crippen LogP) is 2.52. The molecule has 5 nitrogen and oxygen atoms in total. The molecule has 1 aliphatic rings. The number of nitrogens with zero attached hydrogens (tertiary/aromatic N) is 2. The average Bonchev–Trinajstić information content (AvgIpc) is 2.93. The van der Waals surface area contributed by atoms with E-state index in [2.05, 4.69) is 24.1 Å². The Morgan fingerprint density at radius 2 is 2.21 bits per heavy atom. The summed E-state index contributed by atoms with van der Waals surface area (Å²) in [6.45, 7) is 4.44. The highest BCUT2D eigenvalue weighted by Crippen LogP contribution is 2.29. The van der Waals surface area contributed by atoms with E-state index in [0.717, 1.165) is 24.2 Å². The molecule has 3 rings (SSSR count). The second kappa shape index (κ2) is 7.47.